The molecule has 6 heteroatoms. The van der Waals surface area contributed by atoms with Crippen molar-refractivity contribution in [2.24, 2.45) is 5.73 Å². The van der Waals surface area contributed by atoms with Crippen molar-refractivity contribution < 1.29 is 13.2 Å². The van der Waals surface area contributed by atoms with E-state index in [9.17, 15) is 13.2 Å². The molecule has 0 saturated heterocycles. The highest BCUT2D eigenvalue weighted by Gasteiger charge is 2.38. The van der Waals surface area contributed by atoms with Crippen molar-refractivity contribution in [2.75, 3.05) is 0 Å². The number of halogens is 3. The third-order valence-electron chi connectivity index (χ3n) is 2.33. The van der Waals surface area contributed by atoms with E-state index in [0.29, 0.717) is 5.69 Å². The number of para-hydroxylation sites is 1. The Hall–Kier alpha value is -1.82. The molecule has 0 aliphatic rings. The fourth-order valence-corrected chi connectivity index (χ4v) is 1.60. The van der Waals surface area contributed by atoms with E-state index < -0.39 is 11.9 Å². The molecule has 0 unspecified atom stereocenters. The summed E-state index contributed by atoms with van der Waals surface area (Å²) in [7, 11) is 0. The van der Waals surface area contributed by atoms with Crippen molar-refractivity contribution in [3.8, 4) is 5.69 Å². The maximum atomic E-state index is 12.9. The lowest BCUT2D eigenvalue weighted by atomic mass is 10.2. The van der Waals surface area contributed by atoms with Crippen LogP contribution in [0.2, 0.25) is 0 Å². The van der Waals surface area contributed by atoms with Crippen LogP contribution in [0.15, 0.2) is 36.5 Å². The average Bonchev–Trinajstić information content (AvgIpc) is 2.73. The number of rotatable bonds is 2. The monoisotopic (exact) mass is 241 g/mol. The molecule has 1 heterocycles. The Morgan fingerprint density at radius 3 is 2.35 bits per heavy atom. The molecule has 1 aromatic carbocycles. The van der Waals surface area contributed by atoms with Crippen molar-refractivity contribution in [3.05, 3.63) is 47.8 Å². The molecule has 1 aromatic heterocycles. The van der Waals surface area contributed by atoms with Gasteiger partial charge >= 0.3 is 6.18 Å². The van der Waals surface area contributed by atoms with Crippen LogP contribution in [0.25, 0.3) is 5.69 Å². The highest BCUT2D eigenvalue weighted by Crippen LogP contribution is 2.33. The molecule has 0 bridgehead atoms. The molecular formula is C11H10F3N3. The summed E-state index contributed by atoms with van der Waals surface area (Å²) < 4.78 is 39.6. The molecule has 2 rings (SSSR count). The summed E-state index contributed by atoms with van der Waals surface area (Å²) in [6.45, 7) is -0.193. The van der Waals surface area contributed by atoms with Gasteiger partial charge in [-0.15, -0.1) is 0 Å². The number of aromatic nitrogens is 2. The number of hydrogen-bond acceptors (Lipinski definition) is 2. The summed E-state index contributed by atoms with van der Waals surface area (Å²) in [6, 6.07) is 8.15. The minimum absolute atomic E-state index is 0.0126. The summed E-state index contributed by atoms with van der Waals surface area (Å²) in [5, 5.41) is 3.74. The normalized spacial score (nSPS) is 11.8. The number of hydrogen-bond donors (Lipinski definition) is 1. The molecule has 2 aromatic rings. The average molecular weight is 241 g/mol. The zero-order valence-electron chi connectivity index (χ0n) is 8.78. The number of benzene rings is 1. The van der Waals surface area contributed by atoms with Gasteiger partial charge in [0.25, 0.3) is 0 Å². The van der Waals surface area contributed by atoms with Crippen molar-refractivity contribution in [3.63, 3.8) is 0 Å². The highest BCUT2D eigenvalue weighted by molar-refractivity contribution is 5.36. The Kier molecular flexibility index (Phi) is 2.89. The van der Waals surface area contributed by atoms with E-state index in [-0.39, 0.29) is 12.1 Å². The van der Waals surface area contributed by atoms with Gasteiger partial charge in [0.2, 0.25) is 0 Å². The molecule has 0 amide bonds. The van der Waals surface area contributed by atoms with Crippen LogP contribution in [0.5, 0.6) is 0 Å². The number of alkyl halides is 3. The van der Waals surface area contributed by atoms with Crippen molar-refractivity contribution >= 4 is 0 Å². The smallest absolute Gasteiger partial charge is 0.326 e. The summed E-state index contributed by atoms with van der Waals surface area (Å²) >= 11 is 0. The first-order valence-corrected chi connectivity index (χ1v) is 4.93. The van der Waals surface area contributed by atoms with Gasteiger partial charge in [-0.25, -0.2) is 4.68 Å². The highest BCUT2D eigenvalue weighted by atomic mass is 19.4. The Morgan fingerprint density at radius 2 is 1.82 bits per heavy atom. The molecule has 0 fully saturated rings. The van der Waals surface area contributed by atoms with Crippen LogP contribution in [-0.2, 0) is 12.7 Å². The van der Waals surface area contributed by atoms with Crippen LogP contribution in [0.3, 0.4) is 0 Å². The van der Waals surface area contributed by atoms with Gasteiger partial charge in [-0.3, -0.25) is 0 Å². The second kappa shape index (κ2) is 4.21. The van der Waals surface area contributed by atoms with Gasteiger partial charge in [0.1, 0.15) is 0 Å². The maximum absolute atomic E-state index is 12.9. The molecule has 0 atom stereocenters. The standard InChI is InChI=1S/C11H10F3N3/c12-11(13,14)10-8(6-15)7-16-17(10)9-4-2-1-3-5-9/h1-5,7H,6,15H2. The van der Waals surface area contributed by atoms with E-state index in [1.54, 1.807) is 30.3 Å². The summed E-state index contributed by atoms with van der Waals surface area (Å²) in [5.74, 6) is 0. The zero-order valence-corrected chi connectivity index (χ0v) is 8.78. The quantitative estimate of drug-likeness (QED) is 0.877. The fraction of sp³-hybridized carbons (Fsp3) is 0.182. The van der Waals surface area contributed by atoms with Gasteiger partial charge in [0.05, 0.1) is 11.9 Å². The number of nitrogens with zero attached hydrogens (tertiary/aromatic N) is 2. The van der Waals surface area contributed by atoms with Crippen LogP contribution in [0.4, 0.5) is 13.2 Å². The Bertz CT molecular complexity index is 502. The van der Waals surface area contributed by atoms with E-state index in [0.717, 1.165) is 10.9 Å². The van der Waals surface area contributed by atoms with E-state index in [4.69, 9.17) is 5.73 Å². The molecule has 3 nitrogen and oxygen atoms in total. The molecule has 90 valence electrons. The van der Waals surface area contributed by atoms with Crippen LogP contribution >= 0.6 is 0 Å². The lowest BCUT2D eigenvalue weighted by Crippen LogP contribution is -2.16. The Labute approximate surface area is 95.7 Å². The van der Waals surface area contributed by atoms with Crippen molar-refractivity contribution in [1.82, 2.24) is 9.78 Å². The zero-order chi connectivity index (χ0) is 12.5. The molecule has 17 heavy (non-hydrogen) atoms. The van der Waals surface area contributed by atoms with Crippen LogP contribution in [0, 0.1) is 0 Å². The molecule has 0 spiro atoms. The van der Waals surface area contributed by atoms with Gasteiger partial charge in [0.15, 0.2) is 5.69 Å². The van der Waals surface area contributed by atoms with Gasteiger partial charge in [0, 0.05) is 12.1 Å². The molecule has 0 aliphatic heterocycles. The SMILES string of the molecule is NCc1cnn(-c2ccccc2)c1C(F)(F)F. The van der Waals surface area contributed by atoms with Gasteiger partial charge in [-0.1, -0.05) is 18.2 Å². The molecule has 2 N–H and O–H groups in total. The topological polar surface area (TPSA) is 43.8 Å². The van der Waals surface area contributed by atoms with Crippen molar-refractivity contribution in [2.45, 2.75) is 12.7 Å². The van der Waals surface area contributed by atoms with Crippen LogP contribution < -0.4 is 5.73 Å². The van der Waals surface area contributed by atoms with E-state index >= 15 is 0 Å². The molecule has 0 radical (unpaired) electrons. The fourth-order valence-electron chi connectivity index (χ4n) is 1.60. The first kappa shape index (κ1) is 11.7. The summed E-state index contributed by atoms with van der Waals surface area (Å²) in [4.78, 5) is 0. The first-order valence-electron chi connectivity index (χ1n) is 4.93. The minimum Gasteiger partial charge on any atom is -0.326 e. The number of nitrogens with two attached hydrogens (primary N) is 1. The van der Waals surface area contributed by atoms with Crippen molar-refractivity contribution in [1.29, 1.82) is 0 Å². The van der Waals surface area contributed by atoms with Gasteiger partial charge in [-0.2, -0.15) is 18.3 Å². The Morgan fingerprint density at radius 1 is 1.18 bits per heavy atom. The molecule has 0 saturated carbocycles. The predicted molar refractivity (Wildman–Crippen MR) is 56.5 cm³/mol. The Balaban J connectivity index is 2.60. The van der Waals surface area contributed by atoms with Crippen LogP contribution in [-0.4, -0.2) is 9.78 Å². The lowest BCUT2D eigenvalue weighted by Gasteiger charge is -2.11. The van der Waals surface area contributed by atoms with Gasteiger partial charge < -0.3 is 5.73 Å². The van der Waals surface area contributed by atoms with E-state index in [1.165, 1.54) is 0 Å². The summed E-state index contributed by atoms with van der Waals surface area (Å²) in [5.41, 5.74) is 4.82. The largest absolute Gasteiger partial charge is 0.433 e. The predicted octanol–water partition coefficient (Wildman–Crippen LogP) is 2.35. The first-order chi connectivity index (χ1) is 8.04. The molecular weight excluding hydrogens is 231 g/mol. The third-order valence-corrected chi connectivity index (χ3v) is 2.33. The third kappa shape index (κ3) is 2.16. The second-order valence-corrected chi connectivity index (χ2v) is 3.47. The van der Waals surface area contributed by atoms with Gasteiger partial charge in [-0.05, 0) is 12.1 Å². The summed E-state index contributed by atoms with van der Waals surface area (Å²) in [6.07, 6.45) is -3.32. The van der Waals surface area contributed by atoms with E-state index in [1.807, 2.05) is 0 Å². The minimum atomic E-state index is -4.47. The maximum Gasteiger partial charge on any atom is 0.433 e. The van der Waals surface area contributed by atoms with Crippen LogP contribution in [0.1, 0.15) is 11.3 Å². The lowest BCUT2D eigenvalue weighted by molar-refractivity contribution is -0.143. The second-order valence-electron chi connectivity index (χ2n) is 3.47. The van der Waals surface area contributed by atoms with E-state index in [2.05, 4.69) is 5.10 Å². The molecule has 0 aliphatic carbocycles.